The van der Waals surface area contributed by atoms with E-state index in [1.165, 1.54) is 5.56 Å². The monoisotopic (exact) mass is 240 g/mol. The Hall–Kier alpha value is -2.10. The SMILES string of the molecule is Cc1ccc2nc(N)c3n[nH]c(C(C)C)c3c2c1. The first kappa shape index (κ1) is 11.0. The lowest BCUT2D eigenvalue weighted by Gasteiger charge is -2.06. The number of fused-ring (bicyclic) bond motifs is 3. The Morgan fingerprint density at radius 3 is 2.78 bits per heavy atom. The Kier molecular flexibility index (Phi) is 2.26. The largest absolute Gasteiger partial charge is 0.382 e. The second-order valence-corrected chi connectivity index (χ2v) is 5.03. The van der Waals surface area contributed by atoms with Crippen LogP contribution in [0.25, 0.3) is 21.8 Å². The molecule has 0 unspecified atom stereocenters. The molecule has 0 amide bonds. The van der Waals surface area contributed by atoms with E-state index in [4.69, 9.17) is 5.73 Å². The highest BCUT2D eigenvalue weighted by Crippen LogP contribution is 2.32. The van der Waals surface area contributed by atoms with E-state index in [2.05, 4.69) is 48.1 Å². The molecule has 3 rings (SSSR count). The quantitative estimate of drug-likeness (QED) is 0.686. The van der Waals surface area contributed by atoms with Gasteiger partial charge in [0.1, 0.15) is 5.52 Å². The average Bonchev–Trinajstić information content (AvgIpc) is 2.76. The van der Waals surface area contributed by atoms with Gasteiger partial charge < -0.3 is 5.73 Å². The van der Waals surface area contributed by atoms with Crippen LogP contribution < -0.4 is 5.73 Å². The van der Waals surface area contributed by atoms with Crippen LogP contribution in [0.4, 0.5) is 5.82 Å². The van der Waals surface area contributed by atoms with Gasteiger partial charge in [0.05, 0.1) is 5.52 Å². The topological polar surface area (TPSA) is 67.6 Å². The molecule has 3 aromatic rings. The minimum Gasteiger partial charge on any atom is -0.382 e. The fourth-order valence-electron chi connectivity index (χ4n) is 2.36. The maximum absolute atomic E-state index is 5.98. The molecule has 1 aromatic carbocycles. The van der Waals surface area contributed by atoms with Crippen molar-refractivity contribution in [3.63, 3.8) is 0 Å². The number of nitrogen functional groups attached to an aromatic ring is 1. The van der Waals surface area contributed by atoms with E-state index in [1.807, 2.05) is 6.07 Å². The molecule has 0 aliphatic heterocycles. The molecule has 2 heterocycles. The van der Waals surface area contributed by atoms with Crippen molar-refractivity contribution in [1.29, 1.82) is 0 Å². The summed E-state index contributed by atoms with van der Waals surface area (Å²) < 4.78 is 0. The van der Waals surface area contributed by atoms with Crippen LogP contribution in [-0.2, 0) is 0 Å². The van der Waals surface area contributed by atoms with Crippen LogP contribution in [0, 0.1) is 6.92 Å². The lowest BCUT2D eigenvalue weighted by molar-refractivity contribution is 0.818. The van der Waals surface area contributed by atoms with Gasteiger partial charge in [0, 0.05) is 16.5 Å². The highest BCUT2D eigenvalue weighted by molar-refractivity contribution is 6.09. The molecule has 2 aromatic heterocycles. The van der Waals surface area contributed by atoms with E-state index in [0.717, 1.165) is 27.5 Å². The molecule has 0 aliphatic rings. The number of nitrogens with zero attached hydrogens (tertiary/aromatic N) is 2. The summed E-state index contributed by atoms with van der Waals surface area (Å²) >= 11 is 0. The zero-order valence-corrected chi connectivity index (χ0v) is 10.8. The van der Waals surface area contributed by atoms with Crippen molar-refractivity contribution in [3.05, 3.63) is 29.5 Å². The molecule has 0 radical (unpaired) electrons. The van der Waals surface area contributed by atoms with Crippen LogP contribution in [0.2, 0.25) is 0 Å². The van der Waals surface area contributed by atoms with Crippen LogP contribution in [-0.4, -0.2) is 15.2 Å². The number of benzene rings is 1. The maximum Gasteiger partial charge on any atom is 0.152 e. The van der Waals surface area contributed by atoms with Crippen molar-refractivity contribution in [2.45, 2.75) is 26.7 Å². The summed E-state index contributed by atoms with van der Waals surface area (Å²) in [6, 6.07) is 6.21. The van der Waals surface area contributed by atoms with E-state index >= 15 is 0 Å². The minimum atomic E-state index is 0.375. The Labute approximate surface area is 105 Å². The van der Waals surface area contributed by atoms with Crippen LogP contribution in [0.15, 0.2) is 18.2 Å². The van der Waals surface area contributed by atoms with Gasteiger partial charge in [-0.15, -0.1) is 0 Å². The summed E-state index contributed by atoms with van der Waals surface area (Å²) in [6.07, 6.45) is 0. The predicted molar refractivity (Wildman–Crippen MR) is 74.6 cm³/mol. The van der Waals surface area contributed by atoms with E-state index < -0.39 is 0 Å². The van der Waals surface area contributed by atoms with Crippen molar-refractivity contribution >= 4 is 27.6 Å². The number of aromatic amines is 1. The van der Waals surface area contributed by atoms with Gasteiger partial charge in [-0.25, -0.2) is 4.98 Å². The number of rotatable bonds is 1. The molecule has 92 valence electrons. The van der Waals surface area contributed by atoms with Gasteiger partial charge >= 0.3 is 0 Å². The van der Waals surface area contributed by atoms with Gasteiger partial charge in [-0.3, -0.25) is 5.10 Å². The summed E-state index contributed by atoms with van der Waals surface area (Å²) in [5.74, 6) is 0.866. The predicted octanol–water partition coefficient (Wildman–Crippen LogP) is 3.13. The van der Waals surface area contributed by atoms with Crippen molar-refractivity contribution in [3.8, 4) is 0 Å². The number of nitrogens with two attached hydrogens (primary N) is 1. The third-order valence-electron chi connectivity index (χ3n) is 3.28. The van der Waals surface area contributed by atoms with Crippen molar-refractivity contribution in [2.24, 2.45) is 0 Å². The fourth-order valence-corrected chi connectivity index (χ4v) is 2.36. The molecule has 0 spiro atoms. The van der Waals surface area contributed by atoms with E-state index in [-0.39, 0.29) is 0 Å². The molecule has 0 fully saturated rings. The van der Waals surface area contributed by atoms with Crippen molar-refractivity contribution < 1.29 is 0 Å². The number of H-pyrrole nitrogens is 1. The van der Waals surface area contributed by atoms with Gasteiger partial charge in [0.25, 0.3) is 0 Å². The van der Waals surface area contributed by atoms with E-state index in [0.29, 0.717) is 11.7 Å². The lowest BCUT2D eigenvalue weighted by Crippen LogP contribution is -1.94. The zero-order chi connectivity index (χ0) is 12.9. The average molecular weight is 240 g/mol. The normalized spacial score (nSPS) is 11.8. The van der Waals surface area contributed by atoms with Gasteiger partial charge in [0.15, 0.2) is 5.82 Å². The Balaban J connectivity index is 2.56. The van der Waals surface area contributed by atoms with Crippen LogP contribution in [0.5, 0.6) is 0 Å². The first-order chi connectivity index (χ1) is 8.58. The minimum absolute atomic E-state index is 0.375. The summed E-state index contributed by atoms with van der Waals surface area (Å²) in [5, 5.41) is 9.63. The number of anilines is 1. The van der Waals surface area contributed by atoms with Crippen LogP contribution >= 0.6 is 0 Å². The van der Waals surface area contributed by atoms with Crippen LogP contribution in [0.1, 0.15) is 31.0 Å². The molecule has 4 heteroatoms. The first-order valence-corrected chi connectivity index (χ1v) is 6.11. The third kappa shape index (κ3) is 1.45. The smallest absolute Gasteiger partial charge is 0.152 e. The standard InChI is InChI=1S/C14H16N4/c1-7(2)12-11-9-6-8(3)4-5-10(9)16-14(15)13(11)18-17-12/h4-7H,1-3H3,(H2,15,16)(H,17,18). The van der Waals surface area contributed by atoms with Gasteiger partial charge in [-0.05, 0) is 25.0 Å². The number of aryl methyl sites for hydroxylation is 1. The molecule has 0 bridgehead atoms. The lowest BCUT2D eigenvalue weighted by atomic mass is 10.0. The first-order valence-electron chi connectivity index (χ1n) is 6.11. The summed E-state index contributed by atoms with van der Waals surface area (Å²) in [7, 11) is 0. The molecule has 0 aliphatic carbocycles. The number of pyridine rings is 1. The second-order valence-electron chi connectivity index (χ2n) is 5.03. The fraction of sp³-hybridized carbons (Fsp3) is 0.286. The van der Waals surface area contributed by atoms with Gasteiger partial charge in [-0.1, -0.05) is 25.5 Å². The van der Waals surface area contributed by atoms with Gasteiger partial charge in [0.2, 0.25) is 0 Å². The number of nitrogens with one attached hydrogen (secondary N) is 1. The molecule has 4 nitrogen and oxygen atoms in total. The third-order valence-corrected chi connectivity index (χ3v) is 3.28. The molecule has 0 atom stereocenters. The van der Waals surface area contributed by atoms with Gasteiger partial charge in [-0.2, -0.15) is 5.10 Å². The summed E-state index contributed by atoms with van der Waals surface area (Å²) in [6.45, 7) is 6.37. The Bertz CT molecular complexity index is 740. The van der Waals surface area contributed by atoms with Crippen molar-refractivity contribution in [1.82, 2.24) is 15.2 Å². The molecule has 3 N–H and O–H groups in total. The molecule has 18 heavy (non-hydrogen) atoms. The highest BCUT2D eigenvalue weighted by atomic mass is 15.1. The molecular formula is C14H16N4. The Morgan fingerprint density at radius 2 is 2.06 bits per heavy atom. The highest BCUT2D eigenvalue weighted by Gasteiger charge is 2.15. The summed E-state index contributed by atoms with van der Waals surface area (Å²) in [5.41, 5.74) is 10.0. The number of hydrogen-bond acceptors (Lipinski definition) is 3. The van der Waals surface area contributed by atoms with E-state index in [1.54, 1.807) is 0 Å². The molecule has 0 saturated heterocycles. The van der Waals surface area contributed by atoms with Crippen molar-refractivity contribution in [2.75, 3.05) is 5.73 Å². The summed E-state index contributed by atoms with van der Waals surface area (Å²) in [4.78, 5) is 4.41. The van der Waals surface area contributed by atoms with E-state index in [9.17, 15) is 0 Å². The number of aromatic nitrogens is 3. The van der Waals surface area contributed by atoms with Crippen LogP contribution in [0.3, 0.4) is 0 Å². The Morgan fingerprint density at radius 1 is 1.28 bits per heavy atom. The maximum atomic E-state index is 5.98. The number of hydrogen-bond donors (Lipinski definition) is 2. The second kappa shape index (κ2) is 3.70. The molecular weight excluding hydrogens is 224 g/mol. The zero-order valence-electron chi connectivity index (χ0n) is 10.8. The molecule has 0 saturated carbocycles.